The zero-order chi connectivity index (χ0) is 17.5. The molecule has 0 saturated heterocycles. The van der Waals surface area contributed by atoms with Crippen LogP contribution in [-0.4, -0.2) is 48.9 Å². The second kappa shape index (κ2) is 9.24. The van der Waals surface area contributed by atoms with E-state index >= 15 is 0 Å². The van der Waals surface area contributed by atoms with Crippen LogP contribution >= 0.6 is 11.6 Å². The number of benzene rings is 1. The van der Waals surface area contributed by atoms with E-state index in [4.69, 9.17) is 11.6 Å². The molecule has 0 unspecified atom stereocenters. The van der Waals surface area contributed by atoms with Crippen LogP contribution in [0.25, 0.3) is 6.08 Å². The summed E-state index contributed by atoms with van der Waals surface area (Å²) in [5, 5.41) is 0.690. The Kier molecular flexibility index (Phi) is 7.32. The molecule has 0 radical (unpaired) electrons. The highest BCUT2D eigenvalue weighted by Gasteiger charge is 2.26. The fraction of sp³-hybridized carbons (Fsp3) is 0.550. The predicted octanol–water partition coefficient (Wildman–Crippen LogP) is 4.32. The Balaban J connectivity index is 2.05. The van der Waals surface area contributed by atoms with E-state index < -0.39 is 0 Å². The van der Waals surface area contributed by atoms with Crippen LogP contribution < -0.4 is 0 Å². The number of likely N-dealkylation sites (N-methyl/N-ethyl adjacent to an activating group) is 1. The summed E-state index contributed by atoms with van der Waals surface area (Å²) < 4.78 is 0. The number of nitrogens with zero attached hydrogens (tertiary/aromatic N) is 2. The second-order valence-electron chi connectivity index (χ2n) is 7.14. The summed E-state index contributed by atoms with van der Waals surface area (Å²) in [6.45, 7) is 3.98. The molecule has 0 heterocycles. The van der Waals surface area contributed by atoms with Gasteiger partial charge in [-0.25, -0.2) is 0 Å². The van der Waals surface area contributed by atoms with E-state index in [-0.39, 0.29) is 5.91 Å². The standard InChI is InChI=1S/C20H29ClN2O/c1-16-7-10-19(11-8-16)23(14-13-22(2)3)20(24)12-9-17-5-4-6-18(21)15-17/h4-6,9,12,15-16,19H,7-8,10-11,13-14H2,1-3H3/t16-,19-. The van der Waals surface area contributed by atoms with Crippen molar-refractivity contribution < 1.29 is 4.79 Å². The molecule has 3 nitrogen and oxygen atoms in total. The minimum atomic E-state index is 0.108. The number of carbonyl (C=O) groups is 1. The lowest BCUT2D eigenvalue weighted by Crippen LogP contribution is -2.44. The quantitative estimate of drug-likeness (QED) is 0.715. The number of carbonyl (C=O) groups excluding carboxylic acids is 1. The van der Waals surface area contributed by atoms with E-state index in [1.165, 1.54) is 12.8 Å². The topological polar surface area (TPSA) is 23.6 Å². The predicted molar refractivity (Wildman–Crippen MR) is 102 cm³/mol. The van der Waals surface area contributed by atoms with Gasteiger partial charge in [0.2, 0.25) is 5.91 Å². The normalized spacial score (nSPS) is 21.4. The first-order valence-corrected chi connectivity index (χ1v) is 9.22. The van der Waals surface area contributed by atoms with Gasteiger partial charge in [0.05, 0.1) is 0 Å². The molecule has 1 aliphatic rings. The molecule has 1 aromatic carbocycles. The van der Waals surface area contributed by atoms with Crippen LogP contribution in [0.5, 0.6) is 0 Å². The molecule has 0 aromatic heterocycles. The number of hydrogen-bond donors (Lipinski definition) is 0. The van der Waals surface area contributed by atoms with Crippen molar-refractivity contribution in [1.29, 1.82) is 0 Å². The van der Waals surface area contributed by atoms with Gasteiger partial charge in [0.1, 0.15) is 0 Å². The molecule has 4 heteroatoms. The fourth-order valence-electron chi connectivity index (χ4n) is 3.21. The second-order valence-corrected chi connectivity index (χ2v) is 7.57. The Bertz CT molecular complexity index is 563. The van der Waals surface area contributed by atoms with Crippen molar-refractivity contribution in [3.05, 3.63) is 40.9 Å². The van der Waals surface area contributed by atoms with Crippen LogP contribution in [0.3, 0.4) is 0 Å². The Hall–Kier alpha value is -1.32. The number of halogens is 1. The molecule has 2 rings (SSSR count). The van der Waals surface area contributed by atoms with Crippen LogP contribution in [0.2, 0.25) is 5.02 Å². The molecule has 1 aliphatic carbocycles. The highest BCUT2D eigenvalue weighted by Crippen LogP contribution is 2.27. The molecule has 24 heavy (non-hydrogen) atoms. The lowest BCUT2D eigenvalue weighted by atomic mass is 9.86. The minimum Gasteiger partial charge on any atom is -0.335 e. The van der Waals surface area contributed by atoms with Crippen LogP contribution in [0.1, 0.15) is 38.2 Å². The highest BCUT2D eigenvalue weighted by molar-refractivity contribution is 6.30. The first kappa shape index (κ1) is 19.0. The lowest BCUT2D eigenvalue weighted by molar-refractivity contribution is -0.129. The number of amides is 1. The van der Waals surface area contributed by atoms with E-state index in [1.807, 2.05) is 44.4 Å². The molecule has 0 aliphatic heterocycles. The Labute approximate surface area is 151 Å². The molecule has 1 saturated carbocycles. The molecule has 132 valence electrons. The van der Waals surface area contributed by atoms with Crippen LogP contribution in [0.15, 0.2) is 30.3 Å². The van der Waals surface area contributed by atoms with Gasteiger partial charge in [-0.1, -0.05) is 30.7 Å². The fourth-order valence-corrected chi connectivity index (χ4v) is 3.41. The summed E-state index contributed by atoms with van der Waals surface area (Å²) in [5.41, 5.74) is 0.959. The van der Waals surface area contributed by atoms with Gasteiger partial charge in [-0.3, -0.25) is 4.79 Å². The maximum atomic E-state index is 12.8. The molecule has 0 bridgehead atoms. The van der Waals surface area contributed by atoms with Crippen molar-refractivity contribution in [1.82, 2.24) is 9.80 Å². The van der Waals surface area contributed by atoms with Crippen molar-refractivity contribution >= 4 is 23.6 Å². The summed E-state index contributed by atoms with van der Waals surface area (Å²) in [5.74, 6) is 0.894. The van der Waals surface area contributed by atoms with Crippen LogP contribution in [-0.2, 0) is 4.79 Å². The third-order valence-electron chi connectivity index (χ3n) is 4.76. The van der Waals surface area contributed by atoms with E-state index in [0.29, 0.717) is 11.1 Å². The Morgan fingerprint density at radius 2 is 1.92 bits per heavy atom. The van der Waals surface area contributed by atoms with Crippen molar-refractivity contribution in [2.45, 2.75) is 38.6 Å². The van der Waals surface area contributed by atoms with E-state index in [0.717, 1.165) is 37.4 Å². The maximum absolute atomic E-state index is 12.8. The van der Waals surface area contributed by atoms with Crippen LogP contribution in [0.4, 0.5) is 0 Å². The van der Waals surface area contributed by atoms with Crippen molar-refractivity contribution in [2.75, 3.05) is 27.2 Å². The molecule has 1 aromatic rings. The number of hydrogen-bond acceptors (Lipinski definition) is 2. The lowest BCUT2D eigenvalue weighted by Gasteiger charge is -2.36. The third kappa shape index (κ3) is 5.95. The average Bonchev–Trinajstić information content (AvgIpc) is 2.54. The van der Waals surface area contributed by atoms with Gasteiger partial charge in [-0.2, -0.15) is 0 Å². The summed E-state index contributed by atoms with van der Waals surface area (Å²) in [4.78, 5) is 17.0. The van der Waals surface area contributed by atoms with Gasteiger partial charge >= 0.3 is 0 Å². The highest BCUT2D eigenvalue weighted by atomic mass is 35.5. The smallest absolute Gasteiger partial charge is 0.246 e. The van der Waals surface area contributed by atoms with E-state index in [2.05, 4.69) is 16.7 Å². The Morgan fingerprint density at radius 1 is 1.21 bits per heavy atom. The first-order valence-electron chi connectivity index (χ1n) is 8.84. The maximum Gasteiger partial charge on any atom is 0.246 e. The van der Waals surface area contributed by atoms with Crippen molar-refractivity contribution in [2.24, 2.45) is 5.92 Å². The third-order valence-corrected chi connectivity index (χ3v) is 5.00. The van der Waals surface area contributed by atoms with Gasteiger partial charge in [0, 0.05) is 30.2 Å². The molecule has 0 atom stereocenters. The van der Waals surface area contributed by atoms with Crippen molar-refractivity contribution in [3.63, 3.8) is 0 Å². The summed E-state index contributed by atoms with van der Waals surface area (Å²) in [7, 11) is 4.10. The molecular formula is C20H29ClN2O. The molecule has 0 N–H and O–H groups in total. The molecule has 0 spiro atoms. The summed E-state index contributed by atoms with van der Waals surface area (Å²) >= 11 is 6.01. The summed E-state index contributed by atoms with van der Waals surface area (Å²) in [6.07, 6.45) is 8.22. The molecular weight excluding hydrogens is 320 g/mol. The van der Waals surface area contributed by atoms with Gasteiger partial charge in [0.15, 0.2) is 0 Å². The average molecular weight is 349 g/mol. The van der Waals surface area contributed by atoms with E-state index in [1.54, 1.807) is 6.08 Å². The zero-order valence-corrected chi connectivity index (χ0v) is 15.8. The van der Waals surface area contributed by atoms with E-state index in [9.17, 15) is 4.79 Å². The largest absolute Gasteiger partial charge is 0.335 e. The van der Waals surface area contributed by atoms with Crippen molar-refractivity contribution in [3.8, 4) is 0 Å². The van der Waals surface area contributed by atoms with Gasteiger partial charge in [-0.05, 0) is 69.5 Å². The number of rotatable bonds is 6. The van der Waals surface area contributed by atoms with Crippen LogP contribution in [0, 0.1) is 5.92 Å². The first-order chi connectivity index (χ1) is 11.5. The van der Waals surface area contributed by atoms with Gasteiger partial charge in [-0.15, -0.1) is 0 Å². The minimum absolute atomic E-state index is 0.108. The zero-order valence-electron chi connectivity index (χ0n) is 15.0. The van der Waals surface area contributed by atoms with Gasteiger partial charge < -0.3 is 9.80 Å². The Morgan fingerprint density at radius 3 is 2.54 bits per heavy atom. The monoisotopic (exact) mass is 348 g/mol. The molecule has 1 fully saturated rings. The van der Waals surface area contributed by atoms with Gasteiger partial charge in [0.25, 0.3) is 0 Å². The SMILES string of the molecule is CN(C)CCN(C(=O)C=Cc1cccc(Cl)c1)[C@H]1CC[C@H](C)CC1. The molecule has 1 amide bonds. The summed E-state index contributed by atoms with van der Waals surface area (Å²) in [6, 6.07) is 7.95.